The highest BCUT2D eigenvalue weighted by Gasteiger charge is 2.14. The van der Waals surface area contributed by atoms with E-state index in [-0.39, 0.29) is 5.91 Å². The second kappa shape index (κ2) is 9.17. The molecule has 0 fully saturated rings. The van der Waals surface area contributed by atoms with Gasteiger partial charge in [-0.25, -0.2) is 0 Å². The molecular formula is C14H21BrN2O3S. The van der Waals surface area contributed by atoms with Crippen LogP contribution in [0.1, 0.15) is 12.0 Å². The van der Waals surface area contributed by atoms with Crippen LogP contribution in [0.15, 0.2) is 16.6 Å². The molecule has 0 bridgehead atoms. The van der Waals surface area contributed by atoms with Crippen molar-refractivity contribution in [2.75, 3.05) is 26.2 Å². The molecule has 1 amide bonds. The minimum absolute atomic E-state index is 0.147. The maximum atomic E-state index is 11.9. The maximum absolute atomic E-state index is 11.9. The van der Waals surface area contributed by atoms with Crippen LogP contribution in [0.4, 0.5) is 0 Å². The standard InChI is InChI=1S/C14H21BrN2O3S/c1-19-12-6-9(10(15)7-13(12)20-2)8-17-14(18)11(16)4-5-21-3/h6-7,11H,4-5,8,16H2,1-3H3,(H,17,18)/t11-/m0/s1. The van der Waals surface area contributed by atoms with Gasteiger partial charge < -0.3 is 20.5 Å². The molecule has 0 aliphatic rings. The summed E-state index contributed by atoms with van der Waals surface area (Å²) in [4.78, 5) is 11.9. The summed E-state index contributed by atoms with van der Waals surface area (Å²) >= 11 is 5.13. The van der Waals surface area contributed by atoms with Gasteiger partial charge in [0.05, 0.1) is 20.3 Å². The lowest BCUT2D eigenvalue weighted by atomic mass is 10.2. The summed E-state index contributed by atoms with van der Waals surface area (Å²) in [6.45, 7) is 0.382. The van der Waals surface area contributed by atoms with Crippen LogP contribution in [0.5, 0.6) is 11.5 Å². The molecule has 21 heavy (non-hydrogen) atoms. The molecule has 0 heterocycles. The lowest BCUT2D eigenvalue weighted by molar-refractivity contribution is -0.122. The average Bonchev–Trinajstić information content (AvgIpc) is 2.50. The van der Waals surface area contributed by atoms with Crippen LogP contribution < -0.4 is 20.5 Å². The third-order valence-corrected chi connectivity index (χ3v) is 4.36. The summed E-state index contributed by atoms with van der Waals surface area (Å²) in [7, 11) is 3.16. The number of hydrogen-bond donors (Lipinski definition) is 2. The highest BCUT2D eigenvalue weighted by molar-refractivity contribution is 9.10. The Balaban J connectivity index is 2.69. The van der Waals surface area contributed by atoms with Crippen molar-refractivity contribution in [3.8, 4) is 11.5 Å². The first kappa shape index (κ1) is 18.1. The molecule has 1 atom stereocenters. The molecule has 5 nitrogen and oxygen atoms in total. The topological polar surface area (TPSA) is 73.6 Å². The Hall–Kier alpha value is -0.920. The SMILES string of the molecule is COc1cc(Br)c(CNC(=O)[C@@H](N)CCSC)cc1OC. The van der Waals surface area contributed by atoms with E-state index in [1.807, 2.05) is 18.4 Å². The second-order valence-electron chi connectivity index (χ2n) is 4.40. The summed E-state index contributed by atoms with van der Waals surface area (Å²) < 4.78 is 11.3. The minimum Gasteiger partial charge on any atom is -0.493 e. The van der Waals surface area contributed by atoms with E-state index in [4.69, 9.17) is 15.2 Å². The Morgan fingerprint density at radius 2 is 2.00 bits per heavy atom. The highest BCUT2D eigenvalue weighted by Crippen LogP contribution is 2.33. The van der Waals surface area contributed by atoms with Gasteiger partial charge in [0.15, 0.2) is 11.5 Å². The number of carbonyl (C=O) groups excluding carboxylic acids is 1. The molecule has 0 saturated heterocycles. The third kappa shape index (κ3) is 5.41. The molecule has 0 spiro atoms. The average molecular weight is 377 g/mol. The molecule has 7 heteroatoms. The van der Waals surface area contributed by atoms with E-state index >= 15 is 0 Å². The van der Waals surface area contributed by atoms with Crippen molar-refractivity contribution < 1.29 is 14.3 Å². The van der Waals surface area contributed by atoms with Gasteiger partial charge in [-0.3, -0.25) is 4.79 Å². The Kier molecular flexibility index (Phi) is 7.92. The van der Waals surface area contributed by atoms with Crippen LogP contribution in [0.3, 0.4) is 0 Å². The van der Waals surface area contributed by atoms with E-state index in [1.165, 1.54) is 0 Å². The van der Waals surface area contributed by atoms with Crippen LogP contribution >= 0.6 is 27.7 Å². The van der Waals surface area contributed by atoms with Gasteiger partial charge in [0, 0.05) is 11.0 Å². The number of nitrogens with one attached hydrogen (secondary N) is 1. The van der Waals surface area contributed by atoms with Crippen LogP contribution in [0.2, 0.25) is 0 Å². The Morgan fingerprint density at radius 1 is 1.38 bits per heavy atom. The minimum atomic E-state index is -0.476. The van der Waals surface area contributed by atoms with Gasteiger partial charge in [-0.15, -0.1) is 0 Å². The molecule has 0 radical (unpaired) electrons. The quantitative estimate of drug-likeness (QED) is 0.727. The number of benzene rings is 1. The molecule has 0 saturated carbocycles. The molecule has 1 aromatic carbocycles. The fourth-order valence-electron chi connectivity index (χ4n) is 1.72. The zero-order chi connectivity index (χ0) is 15.8. The largest absolute Gasteiger partial charge is 0.493 e. The molecule has 0 aliphatic carbocycles. The van der Waals surface area contributed by atoms with E-state index in [9.17, 15) is 4.79 Å². The van der Waals surface area contributed by atoms with Crippen LogP contribution in [-0.2, 0) is 11.3 Å². The summed E-state index contributed by atoms with van der Waals surface area (Å²) in [5.41, 5.74) is 6.73. The smallest absolute Gasteiger partial charge is 0.237 e. The van der Waals surface area contributed by atoms with E-state index in [2.05, 4.69) is 21.2 Å². The van der Waals surface area contributed by atoms with E-state index < -0.39 is 6.04 Å². The normalized spacial score (nSPS) is 11.9. The number of thioether (sulfide) groups is 1. The number of amides is 1. The number of halogens is 1. The fraction of sp³-hybridized carbons (Fsp3) is 0.500. The Bertz CT molecular complexity index is 486. The van der Waals surface area contributed by atoms with Gasteiger partial charge in [-0.1, -0.05) is 15.9 Å². The second-order valence-corrected chi connectivity index (χ2v) is 6.24. The lowest BCUT2D eigenvalue weighted by Gasteiger charge is -2.14. The molecule has 1 aromatic rings. The first-order valence-electron chi connectivity index (χ1n) is 6.46. The fourth-order valence-corrected chi connectivity index (χ4v) is 2.67. The molecule has 0 unspecified atom stereocenters. The monoisotopic (exact) mass is 376 g/mol. The van der Waals surface area contributed by atoms with Crippen LogP contribution in [0.25, 0.3) is 0 Å². The molecule has 118 valence electrons. The predicted octanol–water partition coefficient (Wildman–Crippen LogP) is 2.16. The lowest BCUT2D eigenvalue weighted by Crippen LogP contribution is -2.40. The van der Waals surface area contributed by atoms with E-state index in [1.54, 1.807) is 26.0 Å². The third-order valence-electron chi connectivity index (χ3n) is 2.98. The summed E-state index contributed by atoms with van der Waals surface area (Å²) in [6, 6.07) is 3.17. The summed E-state index contributed by atoms with van der Waals surface area (Å²) in [6.07, 6.45) is 2.66. The number of hydrogen-bond acceptors (Lipinski definition) is 5. The highest BCUT2D eigenvalue weighted by atomic mass is 79.9. The molecule has 3 N–H and O–H groups in total. The van der Waals surface area contributed by atoms with E-state index in [0.29, 0.717) is 24.5 Å². The van der Waals surface area contributed by atoms with Gasteiger partial charge in [0.2, 0.25) is 5.91 Å². The number of rotatable bonds is 8. The van der Waals surface area contributed by atoms with Crippen molar-refractivity contribution in [3.63, 3.8) is 0 Å². The van der Waals surface area contributed by atoms with Crippen LogP contribution in [-0.4, -0.2) is 38.2 Å². The molecule has 0 aliphatic heterocycles. The zero-order valence-electron chi connectivity index (χ0n) is 12.4. The Morgan fingerprint density at radius 3 is 2.57 bits per heavy atom. The van der Waals surface area contributed by atoms with Gasteiger partial charge in [-0.05, 0) is 36.1 Å². The number of ether oxygens (including phenoxy) is 2. The number of carbonyl (C=O) groups is 1. The maximum Gasteiger partial charge on any atom is 0.237 e. The number of methoxy groups -OCH3 is 2. The summed E-state index contributed by atoms with van der Waals surface area (Å²) in [5, 5.41) is 2.84. The van der Waals surface area contributed by atoms with Gasteiger partial charge in [-0.2, -0.15) is 11.8 Å². The Labute approximate surface area is 138 Å². The predicted molar refractivity (Wildman–Crippen MR) is 90.1 cm³/mol. The molecule has 0 aromatic heterocycles. The zero-order valence-corrected chi connectivity index (χ0v) is 14.8. The van der Waals surface area contributed by atoms with Gasteiger partial charge in [0.1, 0.15) is 0 Å². The van der Waals surface area contributed by atoms with Crippen molar-refractivity contribution in [1.29, 1.82) is 0 Å². The van der Waals surface area contributed by atoms with Gasteiger partial charge >= 0.3 is 0 Å². The van der Waals surface area contributed by atoms with Gasteiger partial charge in [0.25, 0.3) is 0 Å². The number of nitrogens with two attached hydrogens (primary N) is 1. The van der Waals surface area contributed by atoms with E-state index in [0.717, 1.165) is 15.8 Å². The van der Waals surface area contributed by atoms with Crippen molar-refractivity contribution in [2.45, 2.75) is 19.0 Å². The first-order valence-corrected chi connectivity index (χ1v) is 8.64. The van der Waals surface area contributed by atoms with Crippen molar-refractivity contribution in [2.24, 2.45) is 5.73 Å². The molecular weight excluding hydrogens is 356 g/mol. The summed E-state index contributed by atoms with van der Waals surface area (Å²) in [5.74, 6) is 1.98. The van der Waals surface area contributed by atoms with Crippen LogP contribution in [0, 0.1) is 0 Å². The first-order chi connectivity index (χ1) is 10.0. The van der Waals surface area contributed by atoms with Crippen molar-refractivity contribution in [1.82, 2.24) is 5.32 Å². The van der Waals surface area contributed by atoms with Crippen molar-refractivity contribution in [3.05, 3.63) is 22.2 Å². The molecule has 1 rings (SSSR count). The van der Waals surface area contributed by atoms with Crippen molar-refractivity contribution >= 4 is 33.6 Å².